The van der Waals surface area contributed by atoms with E-state index in [0.717, 1.165) is 18.4 Å². The molecule has 0 unspecified atom stereocenters. The van der Waals surface area contributed by atoms with E-state index in [1.165, 1.54) is 0 Å². The number of carbonyl (C=O) groups excluding carboxylic acids is 1. The first-order valence-corrected chi connectivity index (χ1v) is 10.7. The molecule has 3 atom stereocenters. The second-order valence-electron chi connectivity index (χ2n) is 7.77. The number of rotatable bonds is 5. The number of nitrogens with zero attached hydrogens (tertiary/aromatic N) is 1. The van der Waals surface area contributed by atoms with Crippen LogP contribution in [0.25, 0.3) is 0 Å². The SMILES string of the molecule is CC(C)[Si](O[C@H]1CCC2=CC(=O)[C@H](C#N)[C@H]21)(C(C)C)C(C)C. The van der Waals surface area contributed by atoms with Crippen LogP contribution in [0.2, 0.25) is 16.6 Å². The van der Waals surface area contributed by atoms with Gasteiger partial charge in [-0.3, -0.25) is 4.79 Å². The van der Waals surface area contributed by atoms with Crippen molar-refractivity contribution in [3.63, 3.8) is 0 Å². The highest BCUT2D eigenvalue weighted by molar-refractivity contribution is 6.77. The summed E-state index contributed by atoms with van der Waals surface area (Å²) in [6.45, 7) is 13.7. The summed E-state index contributed by atoms with van der Waals surface area (Å²) in [5.74, 6) is -0.511. The lowest BCUT2D eigenvalue weighted by Gasteiger charge is -2.45. The van der Waals surface area contributed by atoms with Crippen molar-refractivity contribution >= 4 is 14.1 Å². The third-order valence-electron chi connectivity index (χ3n) is 5.74. The van der Waals surface area contributed by atoms with Crippen molar-refractivity contribution in [3.8, 4) is 6.07 Å². The highest BCUT2D eigenvalue weighted by atomic mass is 28.4. The molecule has 22 heavy (non-hydrogen) atoms. The first kappa shape index (κ1) is 17.4. The van der Waals surface area contributed by atoms with Crippen LogP contribution in [0, 0.1) is 23.2 Å². The average Bonchev–Trinajstić information content (AvgIpc) is 2.92. The van der Waals surface area contributed by atoms with Crippen molar-refractivity contribution in [1.29, 1.82) is 5.26 Å². The van der Waals surface area contributed by atoms with Crippen LogP contribution in [0.4, 0.5) is 0 Å². The maximum Gasteiger partial charge on any atom is 0.200 e. The number of ketones is 1. The Kier molecular flexibility index (Phi) is 4.99. The maximum absolute atomic E-state index is 12.0. The van der Waals surface area contributed by atoms with Crippen molar-refractivity contribution in [2.45, 2.75) is 77.1 Å². The van der Waals surface area contributed by atoms with Crippen molar-refractivity contribution in [2.75, 3.05) is 0 Å². The van der Waals surface area contributed by atoms with Gasteiger partial charge in [0, 0.05) is 5.92 Å². The molecule has 0 radical (unpaired) electrons. The molecule has 2 aliphatic carbocycles. The van der Waals surface area contributed by atoms with E-state index in [9.17, 15) is 10.1 Å². The summed E-state index contributed by atoms with van der Waals surface area (Å²) in [6, 6.07) is 2.22. The number of carbonyl (C=O) groups is 1. The smallest absolute Gasteiger partial charge is 0.200 e. The van der Waals surface area contributed by atoms with E-state index in [-0.39, 0.29) is 17.8 Å². The summed E-state index contributed by atoms with van der Waals surface area (Å²) >= 11 is 0. The zero-order valence-electron chi connectivity index (χ0n) is 14.7. The van der Waals surface area contributed by atoms with E-state index in [0.29, 0.717) is 16.6 Å². The topological polar surface area (TPSA) is 50.1 Å². The summed E-state index contributed by atoms with van der Waals surface area (Å²) in [6.07, 6.45) is 3.65. The highest BCUT2D eigenvalue weighted by Gasteiger charge is 2.52. The Labute approximate surface area is 135 Å². The van der Waals surface area contributed by atoms with E-state index in [1.807, 2.05) is 0 Å². The van der Waals surface area contributed by atoms with Crippen molar-refractivity contribution < 1.29 is 9.22 Å². The van der Waals surface area contributed by atoms with Gasteiger partial charge in [-0.15, -0.1) is 0 Å². The minimum absolute atomic E-state index is 0.0123. The van der Waals surface area contributed by atoms with Gasteiger partial charge in [-0.25, -0.2) is 0 Å². The molecule has 0 saturated heterocycles. The van der Waals surface area contributed by atoms with Crippen LogP contribution in [0.15, 0.2) is 11.6 Å². The highest BCUT2D eigenvalue weighted by Crippen LogP contribution is 2.49. The van der Waals surface area contributed by atoms with Crippen LogP contribution < -0.4 is 0 Å². The van der Waals surface area contributed by atoms with Crippen LogP contribution in [-0.2, 0) is 9.22 Å². The molecule has 0 heterocycles. The fourth-order valence-corrected chi connectivity index (χ4v) is 10.5. The Hall–Kier alpha value is -0.923. The first-order chi connectivity index (χ1) is 10.3. The van der Waals surface area contributed by atoms with E-state index < -0.39 is 14.2 Å². The molecule has 0 N–H and O–H groups in total. The third kappa shape index (κ3) is 2.59. The van der Waals surface area contributed by atoms with Gasteiger partial charge in [0.25, 0.3) is 0 Å². The van der Waals surface area contributed by atoms with E-state index in [2.05, 4.69) is 47.6 Å². The number of allylic oxidation sites excluding steroid dienone is 1. The lowest BCUT2D eigenvalue weighted by atomic mass is 9.92. The molecular weight excluding hydrogens is 290 g/mol. The Morgan fingerprint density at radius 3 is 2.18 bits per heavy atom. The predicted octanol–water partition coefficient (Wildman–Crippen LogP) is 4.61. The number of fused-ring (bicyclic) bond motifs is 1. The van der Waals surface area contributed by atoms with Gasteiger partial charge < -0.3 is 4.43 Å². The number of hydrogen-bond donors (Lipinski definition) is 0. The van der Waals surface area contributed by atoms with Gasteiger partial charge >= 0.3 is 0 Å². The molecule has 0 aromatic heterocycles. The Morgan fingerprint density at radius 1 is 1.18 bits per heavy atom. The number of nitriles is 1. The zero-order valence-corrected chi connectivity index (χ0v) is 15.7. The normalized spacial score (nSPS) is 28.5. The summed E-state index contributed by atoms with van der Waals surface area (Å²) in [5, 5.41) is 9.38. The van der Waals surface area contributed by atoms with E-state index >= 15 is 0 Å². The van der Waals surface area contributed by atoms with E-state index in [4.69, 9.17) is 4.43 Å². The Morgan fingerprint density at radius 2 is 1.73 bits per heavy atom. The summed E-state index contributed by atoms with van der Waals surface area (Å²) in [7, 11) is -1.96. The molecule has 0 aromatic rings. The fraction of sp³-hybridized carbons (Fsp3) is 0.778. The predicted molar refractivity (Wildman–Crippen MR) is 90.8 cm³/mol. The van der Waals surface area contributed by atoms with Crippen LogP contribution in [0.5, 0.6) is 0 Å². The standard InChI is InChI=1S/C18H29NO2Si/c1-11(2)22(12(3)4,13(5)6)21-17-8-7-14-9-16(20)15(10-19)18(14)17/h9,11-13,15,17-18H,7-8H2,1-6H3/t15-,17-,18-/m0/s1. The van der Waals surface area contributed by atoms with Gasteiger partial charge in [0.2, 0.25) is 8.32 Å². The van der Waals surface area contributed by atoms with Gasteiger partial charge in [0.1, 0.15) is 5.92 Å². The Bertz CT molecular complexity index is 494. The Balaban J connectivity index is 2.31. The molecule has 2 rings (SSSR count). The first-order valence-electron chi connectivity index (χ1n) is 8.57. The van der Waals surface area contributed by atoms with Gasteiger partial charge in [-0.1, -0.05) is 47.1 Å². The monoisotopic (exact) mass is 319 g/mol. The van der Waals surface area contributed by atoms with Gasteiger partial charge in [0.15, 0.2) is 5.78 Å². The van der Waals surface area contributed by atoms with Crippen LogP contribution in [0.3, 0.4) is 0 Å². The van der Waals surface area contributed by atoms with Crippen molar-refractivity contribution in [2.24, 2.45) is 11.8 Å². The molecule has 122 valence electrons. The molecular formula is C18H29NO2Si. The molecule has 2 aliphatic rings. The van der Waals surface area contributed by atoms with Crippen LogP contribution >= 0.6 is 0 Å². The summed E-state index contributed by atoms with van der Waals surface area (Å²) in [4.78, 5) is 12.0. The van der Waals surface area contributed by atoms with Gasteiger partial charge in [0.05, 0.1) is 12.2 Å². The summed E-state index contributed by atoms with van der Waals surface area (Å²) in [5.41, 5.74) is 2.73. The molecule has 0 aromatic carbocycles. The fourth-order valence-electron chi connectivity index (χ4n) is 4.89. The molecule has 0 bridgehead atoms. The summed E-state index contributed by atoms with van der Waals surface area (Å²) < 4.78 is 6.87. The maximum atomic E-state index is 12.0. The lowest BCUT2D eigenvalue weighted by molar-refractivity contribution is -0.117. The molecule has 3 nitrogen and oxygen atoms in total. The average molecular weight is 320 g/mol. The van der Waals surface area contributed by atoms with Crippen LogP contribution in [0.1, 0.15) is 54.4 Å². The second kappa shape index (κ2) is 6.29. The van der Waals surface area contributed by atoms with Crippen LogP contribution in [-0.4, -0.2) is 20.2 Å². The van der Waals surface area contributed by atoms with E-state index in [1.54, 1.807) is 6.08 Å². The molecule has 1 fully saturated rings. The molecule has 0 spiro atoms. The minimum Gasteiger partial charge on any atom is -0.412 e. The molecule has 0 amide bonds. The largest absolute Gasteiger partial charge is 0.412 e. The molecule has 0 aliphatic heterocycles. The minimum atomic E-state index is -1.96. The lowest BCUT2D eigenvalue weighted by Crippen LogP contribution is -2.51. The van der Waals surface area contributed by atoms with Crippen molar-refractivity contribution in [1.82, 2.24) is 0 Å². The van der Waals surface area contributed by atoms with Crippen molar-refractivity contribution in [3.05, 3.63) is 11.6 Å². The number of hydrogen-bond acceptors (Lipinski definition) is 3. The van der Waals surface area contributed by atoms with Gasteiger partial charge in [-0.2, -0.15) is 5.26 Å². The quantitative estimate of drug-likeness (QED) is 0.695. The zero-order chi connectivity index (χ0) is 16.7. The second-order valence-corrected chi connectivity index (χ2v) is 13.2. The van der Waals surface area contributed by atoms with Gasteiger partial charge in [-0.05, 0) is 35.5 Å². The molecule has 1 saturated carbocycles. The third-order valence-corrected chi connectivity index (χ3v) is 11.9. The molecule has 4 heteroatoms.